The molecule has 2 aromatic rings. The smallest absolute Gasteiger partial charge is 0.0762 e. The van der Waals surface area contributed by atoms with Gasteiger partial charge in [0.1, 0.15) is 0 Å². The molecule has 19 heavy (non-hydrogen) atoms. The van der Waals surface area contributed by atoms with Crippen LogP contribution in [0.2, 0.25) is 0 Å². The molecular weight excluding hydrogens is 236 g/mol. The number of hydrogen-bond donors (Lipinski definition) is 2. The van der Waals surface area contributed by atoms with Gasteiger partial charge in [0.2, 0.25) is 0 Å². The molecule has 0 spiro atoms. The number of H-pyrrole nitrogens is 1. The third-order valence-corrected chi connectivity index (χ3v) is 3.95. The van der Waals surface area contributed by atoms with Crippen molar-refractivity contribution in [2.24, 2.45) is 0 Å². The molecule has 0 aliphatic carbocycles. The quantitative estimate of drug-likeness (QED) is 0.867. The summed E-state index contributed by atoms with van der Waals surface area (Å²) in [4.78, 5) is 5.65. The van der Waals surface area contributed by atoms with Crippen molar-refractivity contribution in [3.63, 3.8) is 0 Å². The maximum absolute atomic E-state index is 9.73. The van der Waals surface area contributed by atoms with E-state index in [9.17, 15) is 5.11 Å². The van der Waals surface area contributed by atoms with Gasteiger partial charge in [0, 0.05) is 35.8 Å². The van der Waals surface area contributed by atoms with E-state index >= 15 is 0 Å². The van der Waals surface area contributed by atoms with Gasteiger partial charge in [0.25, 0.3) is 0 Å². The summed E-state index contributed by atoms with van der Waals surface area (Å²) >= 11 is 0. The molecule has 0 bridgehead atoms. The van der Waals surface area contributed by atoms with Gasteiger partial charge in [-0.2, -0.15) is 0 Å². The van der Waals surface area contributed by atoms with Crippen molar-refractivity contribution in [1.82, 2.24) is 9.88 Å². The number of nitrogens with zero attached hydrogens (tertiary/aromatic N) is 1. The fraction of sp³-hybridized carbons (Fsp3) is 0.375. The molecule has 1 aliphatic heterocycles. The minimum absolute atomic E-state index is 0.418. The SMILES string of the molecule is C[C@@H](O)c1ccc2[nH]cc(C3=CCN(C)CC3)c2c1. The van der Waals surface area contributed by atoms with Crippen molar-refractivity contribution in [3.05, 3.63) is 41.6 Å². The van der Waals surface area contributed by atoms with Gasteiger partial charge in [-0.15, -0.1) is 0 Å². The Morgan fingerprint density at radius 3 is 2.89 bits per heavy atom. The van der Waals surface area contributed by atoms with Crippen LogP contribution in [0.25, 0.3) is 16.5 Å². The molecule has 3 nitrogen and oxygen atoms in total. The molecular formula is C16H20N2O. The first-order valence-electron chi connectivity index (χ1n) is 6.82. The summed E-state index contributed by atoms with van der Waals surface area (Å²) in [5.41, 5.74) is 4.80. The van der Waals surface area contributed by atoms with Crippen LogP contribution in [0.5, 0.6) is 0 Å². The van der Waals surface area contributed by atoms with Gasteiger partial charge in [-0.05, 0) is 43.7 Å². The van der Waals surface area contributed by atoms with E-state index in [4.69, 9.17) is 0 Å². The highest BCUT2D eigenvalue weighted by Gasteiger charge is 2.14. The molecule has 1 aliphatic rings. The largest absolute Gasteiger partial charge is 0.389 e. The molecule has 100 valence electrons. The highest BCUT2D eigenvalue weighted by atomic mass is 16.3. The monoisotopic (exact) mass is 256 g/mol. The Hall–Kier alpha value is -1.58. The number of hydrogen-bond acceptors (Lipinski definition) is 2. The molecule has 2 N–H and O–H groups in total. The van der Waals surface area contributed by atoms with Crippen LogP contribution >= 0.6 is 0 Å². The second kappa shape index (κ2) is 4.83. The first-order valence-corrected chi connectivity index (χ1v) is 6.82. The second-order valence-corrected chi connectivity index (χ2v) is 5.42. The van der Waals surface area contributed by atoms with Gasteiger partial charge in [-0.3, -0.25) is 0 Å². The van der Waals surface area contributed by atoms with Crippen LogP contribution in [0.3, 0.4) is 0 Å². The Kier molecular flexibility index (Phi) is 3.17. The molecule has 0 radical (unpaired) electrons. The number of rotatable bonds is 2. The van der Waals surface area contributed by atoms with Crippen LogP contribution in [-0.4, -0.2) is 35.1 Å². The maximum Gasteiger partial charge on any atom is 0.0762 e. The van der Waals surface area contributed by atoms with Gasteiger partial charge in [0.15, 0.2) is 0 Å². The molecule has 0 fully saturated rings. The van der Waals surface area contributed by atoms with Gasteiger partial charge < -0.3 is 15.0 Å². The summed E-state index contributed by atoms with van der Waals surface area (Å²) in [6, 6.07) is 6.14. The van der Waals surface area contributed by atoms with E-state index in [1.807, 2.05) is 13.0 Å². The summed E-state index contributed by atoms with van der Waals surface area (Å²) in [6.07, 6.45) is 5.07. The zero-order valence-electron chi connectivity index (χ0n) is 11.5. The third kappa shape index (κ3) is 2.31. The van der Waals surface area contributed by atoms with E-state index in [-0.39, 0.29) is 0 Å². The number of aromatic amines is 1. The van der Waals surface area contributed by atoms with Crippen molar-refractivity contribution in [2.45, 2.75) is 19.4 Å². The number of aliphatic hydroxyl groups is 1. The predicted octanol–water partition coefficient (Wildman–Crippen LogP) is 2.94. The first-order chi connectivity index (χ1) is 9.15. The van der Waals surface area contributed by atoms with Crippen LogP contribution in [0.4, 0.5) is 0 Å². The summed E-state index contributed by atoms with van der Waals surface area (Å²) in [5.74, 6) is 0. The lowest BCUT2D eigenvalue weighted by molar-refractivity contribution is 0.199. The molecule has 0 amide bonds. The Morgan fingerprint density at radius 1 is 1.37 bits per heavy atom. The van der Waals surface area contributed by atoms with E-state index in [1.54, 1.807) is 0 Å². The fourth-order valence-electron chi connectivity index (χ4n) is 2.68. The molecule has 3 rings (SSSR count). The lowest BCUT2D eigenvalue weighted by atomic mass is 9.97. The van der Waals surface area contributed by atoms with E-state index in [0.29, 0.717) is 0 Å². The van der Waals surface area contributed by atoms with Crippen LogP contribution in [-0.2, 0) is 0 Å². The Bertz CT molecular complexity index is 625. The number of aromatic nitrogens is 1. The Morgan fingerprint density at radius 2 is 2.21 bits per heavy atom. The lowest BCUT2D eigenvalue weighted by Gasteiger charge is -2.21. The van der Waals surface area contributed by atoms with Gasteiger partial charge in [-0.1, -0.05) is 12.1 Å². The number of benzene rings is 1. The van der Waals surface area contributed by atoms with Crippen LogP contribution < -0.4 is 0 Å². The van der Waals surface area contributed by atoms with E-state index in [0.717, 1.165) is 30.6 Å². The van der Waals surface area contributed by atoms with E-state index in [2.05, 4.69) is 41.3 Å². The summed E-state index contributed by atoms with van der Waals surface area (Å²) in [6.45, 7) is 3.93. The van der Waals surface area contributed by atoms with Gasteiger partial charge >= 0.3 is 0 Å². The normalized spacial score (nSPS) is 18.6. The topological polar surface area (TPSA) is 39.3 Å². The summed E-state index contributed by atoms with van der Waals surface area (Å²) in [5, 5.41) is 10.9. The molecule has 1 aromatic heterocycles. The zero-order valence-corrected chi connectivity index (χ0v) is 11.5. The van der Waals surface area contributed by atoms with Crippen molar-refractivity contribution in [2.75, 3.05) is 20.1 Å². The molecule has 2 heterocycles. The van der Waals surface area contributed by atoms with Gasteiger partial charge in [-0.25, -0.2) is 0 Å². The second-order valence-electron chi connectivity index (χ2n) is 5.42. The molecule has 0 saturated heterocycles. The standard InChI is InChI=1S/C16H20N2O/c1-11(19)13-3-4-16-14(9-13)15(10-17-16)12-5-7-18(2)8-6-12/h3-5,9-11,17,19H,6-8H2,1-2H3/t11-/m1/s1. The van der Waals surface area contributed by atoms with E-state index < -0.39 is 6.10 Å². The molecule has 1 aromatic carbocycles. The predicted molar refractivity (Wildman–Crippen MR) is 79.0 cm³/mol. The minimum Gasteiger partial charge on any atom is -0.389 e. The number of nitrogens with one attached hydrogen (secondary N) is 1. The number of likely N-dealkylation sites (N-methyl/N-ethyl adjacent to an activating group) is 1. The van der Waals surface area contributed by atoms with Crippen LogP contribution in [0.15, 0.2) is 30.5 Å². The minimum atomic E-state index is -0.418. The van der Waals surface area contributed by atoms with E-state index in [1.165, 1.54) is 16.5 Å². The summed E-state index contributed by atoms with van der Waals surface area (Å²) in [7, 11) is 2.15. The van der Waals surface area contributed by atoms with Crippen LogP contribution in [0, 0.1) is 0 Å². The Labute approximate surface area is 113 Å². The lowest BCUT2D eigenvalue weighted by Crippen LogP contribution is -2.23. The molecule has 0 saturated carbocycles. The zero-order chi connectivity index (χ0) is 13.4. The van der Waals surface area contributed by atoms with Gasteiger partial charge in [0.05, 0.1) is 6.10 Å². The fourth-order valence-corrected chi connectivity index (χ4v) is 2.68. The average molecular weight is 256 g/mol. The third-order valence-electron chi connectivity index (χ3n) is 3.95. The summed E-state index contributed by atoms with van der Waals surface area (Å²) < 4.78 is 0. The number of aliphatic hydroxyl groups excluding tert-OH is 1. The molecule has 1 atom stereocenters. The van der Waals surface area contributed by atoms with Crippen LogP contribution in [0.1, 0.15) is 30.6 Å². The molecule has 3 heteroatoms. The van der Waals surface area contributed by atoms with Crippen molar-refractivity contribution in [1.29, 1.82) is 0 Å². The molecule has 0 unspecified atom stereocenters. The van der Waals surface area contributed by atoms with Crippen molar-refractivity contribution < 1.29 is 5.11 Å². The average Bonchev–Trinajstić information content (AvgIpc) is 2.82. The number of fused-ring (bicyclic) bond motifs is 1. The van der Waals surface area contributed by atoms with Crippen molar-refractivity contribution >= 4 is 16.5 Å². The maximum atomic E-state index is 9.73. The van der Waals surface area contributed by atoms with Crippen molar-refractivity contribution in [3.8, 4) is 0 Å². The first kappa shape index (κ1) is 12.5. The highest BCUT2D eigenvalue weighted by Crippen LogP contribution is 2.30. The highest BCUT2D eigenvalue weighted by molar-refractivity contribution is 5.93. The Balaban J connectivity index is 2.06.